The number of hydrogen-bond donors (Lipinski definition) is 5. The van der Waals surface area contributed by atoms with Gasteiger partial charge in [-0.1, -0.05) is 41.5 Å². The fourth-order valence-electron chi connectivity index (χ4n) is 8.95. The van der Waals surface area contributed by atoms with Gasteiger partial charge in [-0.05, 0) is 90.9 Å². The van der Waals surface area contributed by atoms with Crippen LogP contribution in [0.1, 0.15) is 86.5 Å². The summed E-state index contributed by atoms with van der Waals surface area (Å²) in [5, 5.41) is 53.7. The zero-order chi connectivity index (χ0) is 43.3. The van der Waals surface area contributed by atoms with Crippen molar-refractivity contribution in [3.8, 4) is 0 Å². The molecule has 0 aliphatic carbocycles. The quantitative estimate of drug-likeness (QED) is 0.0949. The Bertz CT molecular complexity index is 957. The lowest BCUT2D eigenvalue weighted by atomic mass is 10.1. The van der Waals surface area contributed by atoms with Gasteiger partial charge in [-0.25, -0.2) is 0 Å². The van der Waals surface area contributed by atoms with Crippen molar-refractivity contribution in [3.63, 3.8) is 0 Å². The van der Waals surface area contributed by atoms with Crippen LogP contribution in [-0.2, 0) is 0 Å². The van der Waals surface area contributed by atoms with Gasteiger partial charge in [-0.2, -0.15) is 0 Å². The Morgan fingerprint density at radius 1 is 0.407 bits per heavy atom. The first-order valence-corrected chi connectivity index (χ1v) is 24.4. The first-order chi connectivity index (χ1) is 28.5. The first-order valence-electron chi connectivity index (χ1n) is 24.4. The highest BCUT2D eigenvalue weighted by atomic mass is 16.3. The van der Waals surface area contributed by atoms with Gasteiger partial charge in [-0.15, -0.1) is 0 Å². The number of nitrogens with zero attached hydrogens (tertiary/aromatic N) is 9. The molecular formula is C45H97N9O5. The van der Waals surface area contributed by atoms with Crippen LogP contribution in [0.25, 0.3) is 0 Å². The lowest BCUT2D eigenvalue weighted by Crippen LogP contribution is -2.50. The van der Waals surface area contributed by atoms with Crippen molar-refractivity contribution < 1.29 is 25.5 Å². The predicted molar refractivity (Wildman–Crippen MR) is 245 cm³/mol. The maximum absolute atomic E-state index is 11.8. The molecule has 4 unspecified atom stereocenters. The van der Waals surface area contributed by atoms with Crippen LogP contribution in [0, 0.1) is 0 Å². The van der Waals surface area contributed by atoms with Crippen molar-refractivity contribution in [2.45, 2.75) is 111 Å². The summed E-state index contributed by atoms with van der Waals surface area (Å²) >= 11 is 0. The first kappa shape index (κ1) is 54.6. The second kappa shape index (κ2) is 33.9. The van der Waals surface area contributed by atoms with Crippen LogP contribution in [0.5, 0.6) is 0 Å². The second-order valence-electron chi connectivity index (χ2n) is 17.8. The van der Waals surface area contributed by atoms with E-state index in [0.717, 1.165) is 170 Å². The van der Waals surface area contributed by atoms with Crippen molar-refractivity contribution in [1.29, 1.82) is 0 Å². The molecule has 2 aliphatic heterocycles. The van der Waals surface area contributed by atoms with E-state index in [1.807, 2.05) is 0 Å². The van der Waals surface area contributed by atoms with Crippen LogP contribution in [0.2, 0.25) is 0 Å². The van der Waals surface area contributed by atoms with Gasteiger partial charge >= 0.3 is 0 Å². The molecule has 2 rings (SSSR count). The molecule has 0 amide bonds. The van der Waals surface area contributed by atoms with Crippen molar-refractivity contribution in [2.24, 2.45) is 0 Å². The van der Waals surface area contributed by atoms with Crippen LogP contribution < -0.4 is 0 Å². The third kappa shape index (κ3) is 25.4. The van der Waals surface area contributed by atoms with Crippen LogP contribution in [0.15, 0.2) is 0 Å². The van der Waals surface area contributed by atoms with E-state index in [-0.39, 0.29) is 13.0 Å². The Balaban J connectivity index is 2.19. The maximum atomic E-state index is 11.8. The normalized spacial score (nSPS) is 22.6. The van der Waals surface area contributed by atoms with E-state index in [9.17, 15) is 25.5 Å². The Morgan fingerprint density at radius 2 is 0.729 bits per heavy atom. The van der Waals surface area contributed by atoms with E-state index < -0.39 is 24.4 Å². The summed E-state index contributed by atoms with van der Waals surface area (Å²) in [7, 11) is 0. The van der Waals surface area contributed by atoms with E-state index >= 15 is 0 Å². The lowest BCUT2D eigenvalue weighted by Gasteiger charge is -2.35. The minimum atomic E-state index is -0.961. The van der Waals surface area contributed by atoms with Crippen molar-refractivity contribution in [2.75, 3.05) is 183 Å². The summed E-state index contributed by atoms with van der Waals surface area (Å²) in [4.78, 5) is 22.6. The van der Waals surface area contributed by atoms with Gasteiger partial charge in [0, 0.05) is 131 Å². The van der Waals surface area contributed by atoms with Crippen LogP contribution in [0.4, 0.5) is 0 Å². The molecule has 5 N–H and O–H groups in total. The fraction of sp³-hybridized carbons (Fsp3) is 1.00. The molecule has 59 heavy (non-hydrogen) atoms. The highest BCUT2D eigenvalue weighted by Gasteiger charge is 2.24. The summed E-state index contributed by atoms with van der Waals surface area (Å²) in [5.74, 6) is 0. The summed E-state index contributed by atoms with van der Waals surface area (Å²) in [6.45, 7) is 38.4. The molecule has 2 aliphatic rings. The van der Waals surface area contributed by atoms with E-state index in [1.54, 1.807) is 0 Å². The van der Waals surface area contributed by atoms with Gasteiger partial charge in [0.15, 0.2) is 0 Å². The molecule has 4 atom stereocenters. The zero-order valence-electron chi connectivity index (χ0n) is 39.3. The number of aliphatic hydroxyl groups excluding tert-OH is 5. The molecule has 0 aromatic heterocycles. The van der Waals surface area contributed by atoms with Crippen molar-refractivity contribution in [3.05, 3.63) is 0 Å². The largest absolute Gasteiger partial charge is 0.394 e. The predicted octanol–water partition coefficient (Wildman–Crippen LogP) is 1.02. The van der Waals surface area contributed by atoms with Gasteiger partial charge < -0.3 is 54.9 Å². The van der Waals surface area contributed by atoms with Gasteiger partial charge in [0.1, 0.15) is 0 Å². The lowest BCUT2D eigenvalue weighted by molar-refractivity contribution is 0.0148. The standard InChI is InChI=1S/C45H97N9O5/c1-7-15-48-25-22-46(11-5)19-13-20-52(33-30-51(18-10-4)29-28-48)37-44(58)39-54(21-14-42(56)36-43(57)41-55)40-45(59)38-53-34-31-49(16-8-2)26-23-47(12-6)24-27-50(17-9-3)32-35-53/h42-45,55-59H,7-41H2,1-6H3. The summed E-state index contributed by atoms with van der Waals surface area (Å²) in [6, 6.07) is 0. The van der Waals surface area contributed by atoms with Gasteiger partial charge in [0.2, 0.25) is 0 Å². The Labute approximate surface area is 363 Å². The average Bonchev–Trinajstić information content (AvgIpc) is 3.22. The minimum absolute atomic E-state index is 0.106. The molecule has 0 aromatic rings. The van der Waals surface area contributed by atoms with Crippen molar-refractivity contribution >= 4 is 0 Å². The SMILES string of the molecule is CCCN1CCN(CC)CCCN(CC(O)CN(CCC(O)CC(O)CO)CC(O)CN2CCN(CCC)CCN(CC)CCN(CCC)CC2)CCN(CCC)CC1. The number of likely N-dealkylation sites (N-methyl/N-ethyl adjacent to an activating group) is 2. The third-order valence-corrected chi connectivity index (χ3v) is 12.5. The smallest absolute Gasteiger partial charge is 0.0795 e. The summed E-state index contributed by atoms with van der Waals surface area (Å²) < 4.78 is 0. The molecule has 14 nitrogen and oxygen atoms in total. The van der Waals surface area contributed by atoms with Crippen LogP contribution >= 0.6 is 0 Å². The van der Waals surface area contributed by atoms with Gasteiger partial charge in [0.05, 0.1) is 31.0 Å². The number of β-amino-alcohol motifs (C(OH)–C–C–N with tert-alkyl or cyclic N) is 2. The topological polar surface area (TPSA) is 130 Å². The van der Waals surface area contributed by atoms with E-state index in [1.165, 1.54) is 6.42 Å². The zero-order valence-corrected chi connectivity index (χ0v) is 39.3. The third-order valence-electron chi connectivity index (χ3n) is 12.5. The Morgan fingerprint density at radius 3 is 1.08 bits per heavy atom. The highest BCUT2D eigenvalue weighted by Crippen LogP contribution is 2.10. The fourth-order valence-corrected chi connectivity index (χ4v) is 8.95. The molecule has 0 aromatic carbocycles. The molecule has 2 heterocycles. The van der Waals surface area contributed by atoms with E-state index in [2.05, 4.69) is 85.6 Å². The average molecular weight is 844 g/mol. The molecule has 0 bridgehead atoms. The molecule has 2 saturated heterocycles. The summed E-state index contributed by atoms with van der Waals surface area (Å²) in [5.41, 5.74) is 0. The van der Waals surface area contributed by atoms with Crippen molar-refractivity contribution in [1.82, 2.24) is 44.1 Å². The Hall–Kier alpha value is -0.560. The number of aliphatic hydroxyl groups is 5. The van der Waals surface area contributed by atoms with Crippen LogP contribution in [-0.4, -0.2) is 277 Å². The monoisotopic (exact) mass is 844 g/mol. The van der Waals surface area contributed by atoms with Gasteiger partial charge in [0.25, 0.3) is 0 Å². The Kier molecular flexibility index (Phi) is 31.4. The minimum Gasteiger partial charge on any atom is -0.394 e. The number of rotatable bonds is 24. The molecule has 0 radical (unpaired) electrons. The van der Waals surface area contributed by atoms with E-state index in [0.29, 0.717) is 39.1 Å². The second-order valence-corrected chi connectivity index (χ2v) is 17.8. The molecule has 14 heteroatoms. The molecule has 0 saturated carbocycles. The molecule has 352 valence electrons. The molecule has 2 fully saturated rings. The van der Waals surface area contributed by atoms with Gasteiger partial charge in [-0.3, -0.25) is 14.7 Å². The summed E-state index contributed by atoms with van der Waals surface area (Å²) in [6.07, 6.45) is 3.14. The van der Waals surface area contributed by atoms with Crippen LogP contribution in [0.3, 0.4) is 0 Å². The highest BCUT2D eigenvalue weighted by molar-refractivity contribution is 4.79. The number of hydrogen-bond acceptors (Lipinski definition) is 14. The molecule has 0 spiro atoms. The molecular weight excluding hydrogens is 747 g/mol. The maximum Gasteiger partial charge on any atom is 0.0795 e. The van der Waals surface area contributed by atoms with E-state index in [4.69, 9.17) is 0 Å².